The molecule has 2 aromatic carbocycles. The van der Waals surface area contributed by atoms with Crippen molar-refractivity contribution >= 4 is 22.5 Å². The average molecular weight is 471 g/mol. The lowest BCUT2D eigenvalue weighted by molar-refractivity contribution is 0.117. The molecule has 0 aliphatic heterocycles. The molecule has 5 rings (SSSR count). The lowest BCUT2D eigenvalue weighted by Gasteiger charge is -2.30. The predicted molar refractivity (Wildman–Crippen MR) is 133 cm³/mol. The number of aryl methyl sites for hydroxylation is 2. The molecule has 0 saturated carbocycles. The van der Waals surface area contributed by atoms with Crippen molar-refractivity contribution in [3.05, 3.63) is 128 Å². The molecule has 3 heterocycles. The van der Waals surface area contributed by atoms with E-state index < -0.39 is 5.60 Å². The van der Waals surface area contributed by atoms with Crippen LogP contribution in [0.15, 0.2) is 84.0 Å². The van der Waals surface area contributed by atoms with Gasteiger partial charge >= 0.3 is 0 Å². The van der Waals surface area contributed by atoms with Crippen molar-refractivity contribution in [1.82, 2.24) is 19.5 Å². The van der Waals surface area contributed by atoms with E-state index in [2.05, 4.69) is 15.0 Å². The molecule has 0 aliphatic rings. The highest BCUT2D eigenvalue weighted by atomic mass is 35.5. The van der Waals surface area contributed by atoms with Crippen LogP contribution in [0.3, 0.4) is 0 Å². The van der Waals surface area contributed by atoms with Crippen molar-refractivity contribution in [2.45, 2.75) is 18.9 Å². The quantitative estimate of drug-likeness (QED) is 0.396. The Labute approximate surface area is 201 Å². The second-order valence-electron chi connectivity index (χ2n) is 8.47. The van der Waals surface area contributed by atoms with Gasteiger partial charge < -0.3 is 14.7 Å². The van der Waals surface area contributed by atoms with Gasteiger partial charge in [-0.15, -0.1) is 0 Å². The van der Waals surface area contributed by atoms with E-state index in [0.29, 0.717) is 33.8 Å². The second kappa shape index (κ2) is 8.56. The molecule has 34 heavy (non-hydrogen) atoms. The Morgan fingerprint density at radius 1 is 1.06 bits per heavy atom. The van der Waals surface area contributed by atoms with E-state index >= 15 is 0 Å². The Morgan fingerprint density at radius 3 is 2.53 bits per heavy atom. The first-order chi connectivity index (χ1) is 16.3. The molecule has 170 valence electrons. The van der Waals surface area contributed by atoms with Crippen molar-refractivity contribution in [3.8, 4) is 0 Å². The summed E-state index contributed by atoms with van der Waals surface area (Å²) in [4.78, 5) is 24.1. The summed E-state index contributed by atoms with van der Waals surface area (Å²) in [6, 6.07) is 20.2. The molecule has 1 unspecified atom stereocenters. The van der Waals surface area contributed by atoms with Crippen molar-refractivity contribution in [2.24, 2.45) is 7.05 Å². The van der Waals surface area contributed by atoms with Gasteiger partial charge in [0.15, 0.2) is 5.60 Å². The standard InChI is InChI=1S/C27H23ClN4O2/c1-17-4-3-5-22(30-17)12-18-13-26(33)31-24-11-8-20(14-23(18)24)27(34,25-15-29-16-32(25)2)19-6-9-21(28)10-7-19/h3-11,13-16,34H,12H2,1-2H3,(H,31,33). The van der Waals surface area contributed by atoms with Gasteiger partial charge in [0.2, 0.25) is 5.56 Å². The molecule has 0 spiro atoms. The summed E-state index contributed by atoms with van der Waals surface area (Å²) >= 11 is 6.13. The molecule has 7 heteroatoms. The number of H-pyrrole nitrogens is 1. The minimum atomic E-state index is -1.49. The number of fused-ring (bicyclic) bond motifs is 1. The van der Waals surface area contributed by atoms with Crippen molar-refractivity contribution in [1.29, 1.82) is 0 Å². The van der Waals surface area contributed by atoms with Gasteiger partial charge in [0.1, 0.15) is 0 Å². The summed E-state index contributed by atoms with van der Waals surface area (Å²) in [6.45, 7) is 1.94. The van der Waals surface area contributed by atoms with Crippen LogP contribution in [0.5, 0.6) is 0 Å². The molecular weight excluding hydrogens is 448 g/mol. The Hall–Kier alpha value is -3.74. The summed E-state index contributed by atoms with van der Waals surface area (Å²) in [7, 11) is 1.84. The molecule has 0 bridgehead atoms. The van der Waals surface area contributed by atoms with E-state index in [9.17, 15) is 9.90 Å². The fourth-order valence-corrected chi connectivity index (χ4v) is 4.57. The number of rotatable bonds is 5. The number of benzene rings is 2. The van der Waals surface area contributed by atoms with Gasteiger partial charge in [-0.2, -0.15) is 0 Å². The van der Waals surface area contributed by atoms with Gasteiger partial charge in [-0.05, 0) is 60.0 Å². The minimum absolute atomic E-state index is 0.178. The molecule has 1 atom stereocenters. The first kappa shape index (κ1) is 22.1. The first-order valence-corrected chi connectivity index (χ1v) is 11.3. The highest BCUT2D eigenvalue weighted by Crippen LogP contribution is 2.38. The number of imidazole rings is 1. The third-order valence-electron chi connectivity index (χ3n) is 6.11. The van der Waals surface area contributed by atoms with Crippen LogP contribution in [0.25, 0.3) is 10.9 Å². The molecule has 3 aromatic heterocycles. The van der Waals surface area contributed by atoms with Gasteiger partial charge in [0.05, 0.1) is 18.2 Å². The molecule has 0 fully saturated rings. The molecule has 5 aromatic rings. The highest BCUT2D eigenvalue weighted by molar-refractivity contribution is 6.30. The molecule has 0 amide bonds. The summed E-state index contributed by atoms with van der Waals surface area (Å²) in [5.74, 6) is 0. The topological polar surface area (TPSA) is 83.8 Å². The van der Waals surface area contributed by atoms with Crippen LogP contribution in [0.1, 0.15) is 33.8 Å². The summed E-state index contributed by atoms with van der Waals surface area (Å²) in [6.07, 6.45) is 3.81. The Bertz CT molecular complexity index is 1560. The molecule has 0 aliphatic carbocycles. The number of aromatic nitrogens is 4. The zero-order chi connectivity index (χ0) is 23.9. The van der Waals surface area contributed by atoms with Gasteiger partial charge in [-0.3, -0.25) is 9.78 Å². The minimum Gasteiger partial charge on any atom is -0.374 e. The number of nitrogens with one attached hydrogen (secondary N) is 1. The van der Waals surface area contributed by atoms with Gasteiger partial charge in [-0.1, -0.05) is 35.9 Å². The van der Waals surface area contributed by atoms with Gasteiger partial charge in [0.25, 0.3) is 0 Å². The number of halogens is 1. The van der Waals surface area contributed by atoms with Gasteiger partial charge in [0, 0.05) is 46.8 Å². The van der Waals surface area contributed by atoms with E-state index in [1.807, 2.05) is 62.5 Å². The van der Waals surface area contributed by atoms with E-state index in [1.54, 1.807) is 35.3 Å². The predicted octanol–water partition coefficient (Wildman–Crippen LogP) is 4.49. The molecule has 0 radical (unpaired) electrons. The van der Waals surface area contributed by atoms with E-state index in [0.717, 1.165) is 22.3 Å². The fourth-order valence-electron chi connectivity index (χ4n) is 4.45. The molecule has 0 saturated heterocycles. The molecule has 6 nitrogen and oxygen atoms in total. The lowest BCUT2D eigenvalue weighted by atomic mass is 9.82. The maximum Gasteiger partial charge on any atom is 0.248 e. The maximum atomic E-state index is 12.4. The second-order valence-corrected chi connectivity index (χ2v) is 8.91. The summed E-state index contributed by atoms with van der Waals surface area (Å²) < 4.78 is 1.79. The van der Waals surface area contributed by atoms with Crippen LogP contribution in [0, 0.1) is 6.92 Å². The van der Waals surface area contributed by atoms with Crippen LogP contribution < -0.4 is 5.56 Å². The summed E-state index contributed by atoms with van der Waals surface area (Å²) in [5, 5.41) is 13.7. The van der Waals surface area contributed by atoms with E-state index in [1.165, 1.54) is 0 Å². The van der Waals surface area contributed by atoms with Crippen LogP contribution in [0.4, 0.5) is 0 Å². The number of pyridine rings is 2. The van der Waals surface area contributed by atoms with E-state index in [4.69, 9.17) is 11.6 Å². The monoisotopic (exact) mass is 470 g/mol. The molecule has 2 N–H and O–H groups in total. The number of nitrogens with zero attached hydrogens (tertiary/aromatic N) is 3. The van der Waals surface area contributed by atoms with Crippen molar-refractivity contribution < 1.29 is 5.11 Å². The molecular formula is C27H23ClN4O2. The van der Waals surface area contributed by atoms with Gasteiger partial charge in [-0.25, -0.2) is 4.98 Å². The normalized spacial score (nSPS) is 13.2. The third kappa shape index (κ3) is 3.91. The SMILES string of the molecule is Cc1cccc(Cc2cc(=O)[nH]c3ccc(C(O)(c4ccc(Cl)cc4)c4cncn4C)cc23)n1. The smallest absolute Gasteiger partial charge is 0.248 e. The van der Waals surface area contributed by atoms with Crippen LogP contribution >= 0.6 is 11.6 Å². The number of hydrogen-bond acceptors (Lipinski definition) is 4. The van der Waals surface area contributed by atoms with Crippen molar-refractivity contribution in [2.75, 3.05) is 0 Å². The zero-order valence-electron chi connectivity index (χ0n) is 18.8. The number of aliphatic hydroxyl groups is 1. The van der Waals surface area contributed by atoms with E-state index in [-0.39, 0.29) is 5.56 Å². The van der Waals surface area contributed by atoms with Crippen molar-refractivity contribution in [3.63, 3.8) is 0 Å². The third-order valence-corrected chi connectivity index (χ3v) is 6.37. The van der Waals surface area contributed by atoms with Crippen LogP contribution in [-0.2, 0) is 19.1 Å². The largest absolute Gasteiger partial charge is 0.374 e. The fraction of sp³-hybridized carbons (Fsp3) is 0.148. The average Bonchev–Trinajstić information content (AvgIpc) is 3.25. The first-order valence-electron chi connectivity index (χ1n) is 10.9. The Kier molecular flexibility index (Phi) is 5.55. The van der Waals surface area contributed by atoms with Crippen LogP contribution in [-0.4, -0.2) is 24.6 Å². The number of hydrogen-bond donors (Lipinski definition) is 2. The maximum absolute atomic E-state index is 12.4. The summed E-state index contributed by atoms with van der Waals surface area (Å²) in [5.41, 5.74) is 3.58. The lowest BCUT2D eigenvalue weighted by Crippen LogP contribution is -2.31. The van der Waals surface area contributed by atoms with Crippen LogP contribution in [0.2, 0.25) is 5.02 Å². The highest BCUT2D eigenvalue weighted by Gasteiger charge is 2.36. The Balaban J connectivity index is 1.73. The number of aromatic amines is 1. The zero-order valence-corrected chi connectivity index (χ0v) is 19.5. The Morgan fingerprint density at radius 2 is 1.82 bits per heavy atom.